The van der Waals surface area contributed by atoms with Crippen molar-refractivity contribution in [3.8, 4) is 0 Å². The minimum Gasteiger partial charge on any atom is -0.454 e. The van der Waals surface area contributed by atoms with Gasteiger partial charge in [0.2, 0.25) is 0 Å². The summed E-state index contributed by atoms with van der Waals surface area (Å²) in [5.74, 6) is 0. The van der Waals surface area contributed by atoms with Gasteiger partial charge in [-0.2, -0.15) is 0 Å². The van der Waals surface area contributed by atoms with E-state index in [1.54, 1.807) is 0 Å². The zero-order valence-electron chi connectivity index (χ0n) is 28.9. The molecule has 0 saturated heterocycles. The van der Waals surface area contributed by atoms with Crippen LogP contribution in [-0.4, -0.2) is 41.2 Å². The van der Waals surface area contributed by atoms with E-state index in [4.69, 9.17) is 23.1 Å². The molecule has 248 valence electrons. The molecule has 0 aromatic heterocycles. The van der Waals surface area contributed by atoms with E-state index in [2.05, 4.69) is 66.8 Å². The van der Waals surface area contributed by atoms with Crippen LogP contribution in [0.4, 0.5) is 9.59 Å². The van der Waals surface area contributed by atoms with Crippen LogP contribution in [0.3, 0.4) is 0 Å². The highest BCUT2D eigenvalue weighted by molar-refractivity contribution is 6.89. The predicted molar refractivity (Wildman–Crippen MR) is 186 cm³/mol. The van der Waals surface area contributed by atoms with Crippen molar-refractivity contribution in [2.45, 2.75) is 116 Å². The van der Waals surface area contributed by atoms with E-state index in [0.29, 0.717) is 0 Å². The van der Waals surface area contributed by atoms with Gasteiger partial charge >= 0.3 is 12.3 Å². The Morgan fingerprint density at radius 3 is 1.29 bits per heavy atom. The van der Waals surface area contributed by atoms with Crippen molar-refractivity contribution in [2.24, 2.45) is 0 Å². The Morgan fingerprint density at radius 1 is 0.644 bits per heavy atom. The molecule has 0 heterocycles. The Hall–Kier alpha value is -3.15. The molecule has 2 rings (SSSR count). The molecule has 0 saturated carbocycles. The summed E-state index contributed by atoms with van der Waals surface area (Å²) >= 11 is 0. The highest BCUT2D eigenvalue weighted by Crippen LogP contribution is 2.48. The zero-order valence-corrected chi connectivity index (χ0v) is 30.9. The highest BCUT2D eigenvalue weighted by atomic mass is 28.4. The second kappa shape index (κ2) is 17.0. The Kier molecular flexibility index (Phi) is 14.3. The first-order valence-corrected chi connectivity index (χ1v) is 21.0. The Balaban J connectivity index is 2.00. The van der Waals surface area contributed by atoms with E-state index in [0.717, 1.165) is 23.2 Å². The maximum absolute atomic E-state index is 12.2. The second-order valence-electron chi connectivity index (χ2n) is 14.0. The maximum atomic E-state index is 12.2. The summed E-state index contributed by atoms with van der Waals surface area (Å²) in [6, 6.07) is 20.6. The summed E-state index contributed by atoms with van der Waals surface area (Å²) in [6.07, 6.45) is 5.78. The van der Waals surface area contributed by atoms with E-state index in [-0.39, 0.29) is 23.3 Å². The van der Waals surface area contributed by atoms with Gasteiger partial charge in [-0.1, -0.05) is 114 Å². The van der Waals surface area contributed by atoms with Crippen LogP contribution in [0.5, 0.6) is 0 Å². The average Bonchev–Trinajstić information content (AvgIpc) is 2.95. The molecule has 2 aromatic carbocycles. The van der Waals surface area contributed by atoms with Gasteiger partial charge in [0.25, 0.3) is 0 Å². The van der Waals surface area contributed by atoms with Crippen molar-refractivity contribution in [3.63, 3.8) is 0 Å². The molecule has 45 heavy (non-hydrogen) atoms. The lowest BCUT2D eigenvalue weighted by Gasteiger charge is -2.50. The van der Waals surface area contributed by atoms with Gasteiger partial charge in [0.15, 0.2) is 16.6 Å². The number of allylic oxidation sites excluding steroid dienone is 2. The molecular formula is C36H54O7Si2. The molecule has 4 unspecified atom stereocenters. The molecular weight excluding hydrogens is 601 g/mol. The van der Waals surface area contributed by atoms with Gasteiger partial charge in [-0.05, 0) is 72.4 Å². The van der Waals surface area contributed by atoms with Crippen LogP contribution in [0.1, 0.15) is 66.5 Å². The summed E-state index contributed by atoms with van der Waals surface area (Å²) in [7, 11) is -4.69. The lowest BCUT2D eigenvalue weighted by Crippen LogP contribution is -2.56. The van der Waals surface area contributed by atoms with Gasteiger partial charge in [0.1, 0.15) is 25.4 Å². The topological polar surface area (TPSA) is 80.3 Å². The minimum absolute atomic E-state index is 0.0435. The van der Waals surface area contributed by atoms with Crippen molar-refractivity contribution >= 4 is 28.9 Å². The molecule has 0 N–H and O–H groups in total. The van der Waals surface area contributed by atoms with Crippen molar-refractivity contribution in [3.05, 3.63) is 96.1 Å². The predicted octanol–water partition coefficient (Wildman–Crippen LogP) is 10.3. The van der Waals surface area contributed by atoms with Gasteiger partial charge in [-0.25, -0.2) is 9.59 Å². The van der Waals surface area contributed by atoms with Crippen LogP contribution in [-0.2, 0) is 36.3 Å². The number of hydrogen-bond acceptors (Lipinski definition) is 7. The Bertz CT molecular complexity index is 1150. The SMILES string of the molecule is CC(C=CC[Si](C)(O[Si](C)(CC=CC(C)OC(=O)OCc1ccccc1)C(C)(C)C)C(C)(C)C)OC(=O)OCc1ccccc1. The summed E-state index contributed by atoms with van der Waals surface area (Å²) in [4.78, 5) is 24.4. The minimum atomic E-state index is -2.34. The maximum Gasteiger partial charge on any atom is 0.509 e. The fourth-order valence-electron chi connectivity index (χ4n) is 4.35. The summed E-state index contributed by atoms with van der Waals surface area (Å²) in [5.41, 5.74) is 1.82. The molecule has 0 fully saturated rings. The lowest BCUT2D eigenvalue weighted by atomic mass is 10.2. The van der Waals surface area contributed by atoms with E-state index >= 15 is 0 Å². The summed E-state index contributed by atoms with van der Waals surface area (Å²) in [5, 5.41) is -0.0869. The fraction of sp³-hybridized carbons (Fsp3) is 0.500. The first-order chi connectivity index (χ1) is 20.9. The molecule has 0 spiro atoms. The fourth-order valence-corrected chi connectivity index (χ4v) is 13.8. The van der Waals surface area contributed by atoms with Crippen molar-refractivity contribution < 1.29 is 32.7 Å². The number of ether oxygens (including phenoxy) is 4. The molecule has 0 aliphatic carbocycles. The third-order valence-electron chi connectivity index (χ3n) is 8.42. The number of carbonyl (C=O) groups is 2. The van der Waals surface area contributed by atoms with Gasteiger partial charge in [0, 0.05) is 0 Å². The van der Waals surface area contributed by atoms with E-state index in [9.17, 15) is 9.59 Å². The van der Waals surface area contributed by atoms with Gasteiger partial charge in [-0.3, -0.25) is 0 Å². The third kappa shape index (κ3) is 13.0. The molecule has 0 radical (unpaired) electrons. The quantitative estimate of drug-likeness (QED) is 0.114. The van der Waals surface area contributed by atoms with Crippen LogP contribution < -0.4 is 0 Å². The van der Waals surface area contributed by atoms with Crippen LogP contribution >= 0.6 is 0 Å². The number of hydrogen-bond donors (Lipinski definition) is 0. The summed E-state index contributed by atoms with van der Waals surface area (Å²) < 4.78 is 28.8. The molecule has 9 heteroatoms. The number of rotatable bonds is 14. The molecule has 0 aliphatic heterocycles. The van der Waals surface area contributed by atoms with E-state index in [1.165, 1.54) is 0 Å². The molecule has 0 aliphatic rings. The molecule has 7 nitrogen and oxygen atoms in total. The Morgan fingerprint density at radius 2 is 0.978 bits per heavy atom. The molecule has 0 amide bonds. The zero-order chi connectivity index (χ0) is 33.7. The molecule has 0 bridgehead atoms. The van der Waals surface area contributed by atoms with Crippen molar-refractivity contribution in [1.29, 1.82) is 0 Å². The van der Waals surface area contributed by atoms with Crippen molar-refractivity contribution in [1.82, 2.24) is 0 Å². The standard InChI is InChI=1S/C36H54O7Si2/c1-29(41-33(37)39-27-31-21-13-11-14-22-31)19-17-25-44(9,35(3,4)5)43-45(10,36(6,7)8)26-18-20-30(2)42-34(38)40-28-32-23-15-12-16-24-32/h11-24,29-30H,25-28H2,1-10H3. The van der Waals surface area contributed by atoms with Crippen LogP contribution in [0.15, 0.2) is 85.0 Å². The molecule has 2 aromatic rings. The van der Waals surface area contributed by atoms with Gasteiger partial charge in [-0.15, -0.1) is 0 Å². The lowest BCUT2D eigenvalue weighted by molar-refractivity contribution is 0.0359. The van der Waals surface area contributed by atoms with E-state index in [1.807, 2.05) is 86.7 Å². The normalized spacial score (nSPS) is 16.4. The van der Waals surface area contributed by atoms with Gasteiger partial charge < -0.3 is 23.1 Å². The summed E-state index contributed by atoms with van der Waals surface area (Å²) in [6.45, 7) is 22.1. The highest BCUT2D eigenvalue weighted by Gasteiger charge is 2.50. The monoisotopic (exact) mass is 654 g/mol. The largest absolute Gasteiger partial charge is 0.509 e. The first kappa shape index (κ1) is 38.0. The smallest absolute Gasteiger partial charge is 0.454 e. The molecule has 4 atom stereocenters. The van der Waals surface area contributed by atoms with E-state index < -0.39 is 41.2 Å². The Labute approximate surface area is 273 Å². The third-order valence-corrected chi connectivity index (χ3v) is 20.4. The van der Waals surface area contributed by atoms with Crippen LogP contribution in [0.25, 0.3) is 0 Å². The van der Waals surface area contributed by atoms with Crippen LogP contribution in [0.2, 0.25) is 35.3 Å². The van der Waals surface area contributed by atoms with Gasteiger partial charge in [0.05, 0.1) is 0 Å². The van der Waals surface area contributed by atoms with Crippen molar-refractivity contribution in [2.75, 3.05) is 0 Å². The number of carbonyl (C=O) groups excluding carboxylic acids is 2. The van der Waals surface area contributed by atoms with Crippen LogP contribution in [0, 0.1) is 0 Å². The average molecular weight is 655 g/mol. The number of benzene rings is 2. The first-order valence-electron chi connectivity index (χ1n) is 15.7. The second-order valence-corrected chi connectivity index (χ2v) is 23.6.